The van der Waals surface area contributed by atoms with Crippen molar-refractivity contribution < 1.29 is 13.3 Å². The van der Waals surface area contributed by atoms with Crippen molar-refractivity contribution in [1.29, 1.82) is 0 Å². The van der Waals surface area contributed by atoms with Crippen LogP contribution in [0.2, 0.25) is 0 Å². The van der Waals surface area contributed by atoms with Crippen molar-refractivity contribution in [1.82, 2.24) is 14.2 Å². The highest BCUT2D eigenvalue weighted by Gasteiger charge is 2.27. The first kappa shape index (κ1) is 23.9. The monoisotopic (exact) mass is 462 g/mol. The zero-order valence-electron chi connectivity index (χ0n) is 18.7. The zero-order valence-corrected chi connectivity index (χ0v) is 19.5. The number of nitro benzene ring substituents is 1. The van der Waals surface area contributed by atoms with E-state index in [1.165, 1.54) is 16.4 Å². The lowest BCUT2D eigenvalue weighted by atomic mass is 10.2. The summed E-state index contributed by atoms with van der Waals surface area (Å²) in [5.41, 5.74) is 0.942. The van der Waals surface area contributed by atoms with Gasteiger partial charge < -0.3 is 15.1 Å². The number of likely N-dealkylation sites (N-methyl/N-ethyl adjacent to an activating group) is 1. The Balaban J connectivity index is 1.79. The minimum absolute atomic E-state index is 0.0996. The first-order chi connectivity index (χ1) is 15.3. The molecule has 1 aliphatic heterocycles. The largest absolute Gasteiger partial charge is 0.380 e. The molecule has 11 heteroatoms. The molecule has 174 valence electrons. The van der Waals surface area contributed by atoms with Crippen molar-refractivity contribution >= 4 is 27.2 Å². The van der Waals surface area contributed by atoms with Gasteiger partial charge in [0.2, 0.25) is 10.0 Å². The minimum atomic E-state index is -3.88. The van der Waals surface area contributed by atoms with Gasteiger partial charge >= 0.3 is 0 Å². The van der Waals surface area contributed by atoms with Crippen LogP contribution in [0.4, 0.5) is 17.2 Å². The first-order valence-corrected chi connectivity index (χ1v) is 12.1. The zero-order chi connectivity index (χ0) is 23.3. The number of nitrogens with one attached hydrogen (secondary N) is 1. The highest BCUT2D eigenvalue weighted by Crippen LogP contribution is 2.29. The number of aromatic nitrogens is 1. The lowest BCUT2D eigenvalue weighted by Crippen LogP contribution is -2.44. The number of benzene rings is 1. The van der Waals surface area contributed by atoms with Crippen LogP contribution in [0.3, 0.4) is 0 Å². The molecular formula is C21H30N6O4S. The van der Waals surface area contributed by atoms with Crippen molar-refractivity contribution in [3.05, 3.63) is 52.2 Å². The van der Waals surface area contributed by atoms with Crippen LogP contribution < -0.4 is 10.2 Å². The van der Waals surface area contributed by atoms with E-state index in [1.54, 1.807) is 20.0 Å². The molecule has 1 aromatic heterocycles. The highest BCUT2D eigenvalue weighted by atomic mass is 32.2. The molecule has 3 rings (SSSR count). The van der Waals surface area contributed by atoms with E-state index < -0.39 is 14.9 Å². The number of nitrogens with zero attached hydrogens (tertiary/aromatic N) is 5. The fourth-order valence-corrected chi connectivity index (χ4v) is 5.27. The van der Waals surface area contributed by atoms with E-state index in [1.807, 2.05) is 12.1 Å². The number of hydrogen-bond acceptors (Lipinski definition) is 8. The molecule has 0 atom stereocenters. The van der Waals surface area contributed by atoms with Gasteiger partial charge in [-0.05, 0) is 24.7 Å². The third-order valence-corrected chi connectivity index (χ3v) is 7.71. The van der Waals surface area contributed by atoms with E-state index in [0.29, 0.717) is 12.2 Å². The summed E-state index contributed by atoms with van der Waals surface area (Å²) in [6.45, 7) is 8.21. The number of anilines is 2. The van der Waals surface area contributed by atoms with E-state index in [4.69, 9.17) is 0 Å². The van der Waals surface area contributed by atoms with Gasteiger partial charge in [-0.3, -0.25) is 10.1 Å². The first-order valence-electron chi connectivity index (χ1n) is 10.7. The van der Waals surface area contributed by atoms with Crippen molar-refractivity contribution in [2.45, 2.75) is 25.3 Å². The summed E-state index contributed by atoms with van der Waals surface area (Å²) in [4.78, 5) is 19.6. The Morgan fingerprint density at radius 3 is 2.38 bits per heavy atom. The molecule has 0 saturated carbocycles. The Bertz CT molecular complexity index is 1030. The summed E-state index contributed by atoms with van der Waals surface area (Å²) in [7, 11) is -1.77. The molecule has 10 nitrogen and oxygen atoms in total. The minimum Gasteiger partial charge on any atom is -0.380 e. The topological polar surface area (TPSA) is 112 Å². The molecule has 0 unspecified atom stereocenters. The third kappa shape index (κ3) is 5.34. The molecule has 1 aliphatic rings. The van der Waals surface area contributed by atoms with E-state index in [9.17, 15) is 18.5 Å². The summed E-state index contributed by atoms with van der Waals surface area (Å²) >= 11 is 0. The van der Waals surface area contributed by atoms with Crippen LogP contribution in [-0.4, -0.2) is 73.8 Å². The van der Waals surface area contributed by atoms with Crippen LogP contribution in [0.15, 0.2) is 41.4 Å². The summed E-state index contributed by atoms with van der Waals surface area (Å²) in [6.07, 6.45) is 1.77. The Hall–Kier alpha value is -2.76. The van der Waals surface area contributed by atoms with Crippen LogP contribution in [0, 0.1) is 10.1 Å². The number of non-ortho nitro benzene ring substituents is 1. The van der Waals surface area contributed by atoms with Crippen LogP contribution in [0.1, 0.15) is 19.4 Å². The average molecular weight is 463 g/mol. The summed E-state index contributed by atoms with van der Waals surface area (Å²) < 4.78 is 27.5. The number of rotatable bonds is 9. The smallest absolute Gasteiger partial charge is 0.270 e. The summed E-state index contributed by atoms with van der Waals surface area (Å²) in [5.74, 6) is 0.919. The van der Waals surface area contributed by atoms with Gasteiger partial charge in [-0.15, -0.1) is 0 Å². The Labute approximate surface area is 189 Å². The van der Waals surface area contributed by atoms with Gasteiger partial charge in [-0.2, -0.15) is 4.31 Å². The Morgan fingerprint density at radius 1 is 1.12 bits per heavy atom. The molecule has 1 aromatic carbocycles. The lowest BCUT2D eigenvalue weighted by Gasteiger charge is -2.33. The molecule has 1 fully saturated rings. The van der Waals surface area contributed by atoms with Crippen molar-refractivity contribution in [2.24, 2.45) is 0 Å². The molecule has 2 heterocycles. The van der Waals surface area contributed by atoms with Crippen LogP contribution in [0.5, 0.6) is 0 Å². The number of hydrogen-bond donors (Lipinski definition) is 1. The number of piperazine rings is 1. The molecule has 1 saturated heterocycles. The maximum absolute atomic E-state index is 13.1. The van der Waals surface area contributed by atoms with E-state index >= 15 is 0 Å². The Morgan fingerprint density at radius 2 is 1.81 bits per heavy atom. The second-order valence-corrected chi connectivity index (χ2v) is 9.60. The van der Waals surface area contributed by atoms with Gasteiger partial charge in [0.05, 0.1) is 10.6 Å². The van der Waals surface area contributed by atoms with Crippen molar-refractivity contribution in [3.63, 3.8) is 0 Å². The maximum atomic E-state index is 13.1. The van der Waals surface area contributed by atoms with Crippen molar-refractivity contribution in [3.8, 4) is 0 Å². The van der Waals surface area contributed by atoms with E-state index in [0.717, 1.165) is 43.6 Å². The van der Waals surface area contributed by atoms with Gasteiger partial charge in [-0.25, -0.2) is 13.4 Å². The van der Waals surface area contributed by atoms with Crippen LogP contribution in [-0.2, 0) is 16.6 Å². The third-order valence-electron chi connectivity index (χ3n) is 5.62. The van der Waals surface area contributed by atoms with Gasteiger partial charge in [0.15, 0.2) is 0 Å². The van der Waals surface area contributed by atoms with Crippen molar-refractivity contribution in [2.75, 3.05) is 56.5 Å². The van der Waals surface area contributed by atoms with Gasteiger partial charge in [0.1, 0.15) is 10.7 Å². The number of nitro groups is 1. The van der Waals surface area contributed by atoms with Gasteiger partial charge in [0.25, 0.3) is 5.69 Å². The molecule has 0 bridgehead atoms. The standard InChI is InChI=1S/C21H30N6O4S/c1-4-26(5-2)32(30,31)20-14-18(27(28)29)7-8-19(20)22-15-17-6-9-21(23-16-17)25-12-10-24(3)11-13-25/h6-9,14,16,22H,4-5,10-13,15H2,1-3H3. The molecule has 2 aromatic rings. The number of sulfonamides is 1. The Kier molecular flexibility index (Phi) is 7.64. The molecular weight excluding hydrogens is 432 g/mol. The second kappa shape index (κ2) is 10.2. The summed E-state index contributed by atoms with van der Waals surface area (Å²) in [5, 5.41) is 14.3. The normalized spacial score (nSPS) is 15.2. The van der Waals surface area contributed by atoms with Crippen LogP contribution in [0.25, 0.3) is 0 Å². The molecule has 32 heavy (non-hydrogen) atoms. The molecule has 0 aliphatic carbocycles. The lowest BCUT2D eigenvalue weighted by molar-refractivity contribution is -0.385. The average Bonchev–Trinajstić information content (AvgIpc) is 2.79. The fourth-order valence-electron chi connectivity index (χ4n) is 3.63. The van der Waals surface area contributed by atoms with Gasteiger partial charge in [-0.1, -0.05) is 19.9 Å². The molecule has 0 amide bonds. The number of pyridine rings is 1. The molecule has 1 N–H and O–H groups in total. The molecule has 0 radical (unpaired) electrons. The fraction of sp³-hybridized carbons (Fsp3) is 0.476. The predicted molar refractivity (Wildman–Crippen MR) is 124 cm³/mol. The van der Waals surface area contributed by atoms with E-state index in [2.05, 4.69) is 27.1 Å². The second-order valence-electron chi connectivity index (χ2n) is 7.70. The van der Waals surface area contributed by atoms with Crippen LogP contribution >= 0.6 is 0 Å². The maximum Gasteiger partial charge on any atom is 0.270 e. The van der Waals surface area contributed by atoms with Gasteiger partial charge in [0, 0.05) is 64.1 Å². The summed E-state index contributed by atoms with van der Waals surface area (Å²) in [6, 6.07) is 7.78. The SMILES string of the molecule is CCN(CC)S(=O)(=O)c1cc([N+](=O)[O-])ccc1NCc1ccc(N2CCN(C)CC2)nc1. The quantitative estimate of drug-likeness (QED) is 0.447. The molecule has 0 spiro atoms. The predicted octanol–water partition coefficient (Wildman–Crippen LogP) is 2.38. The van der Waals surface area contributed by atoms with E-state index in [-0.39, 0.29) is 23.7 Å². The highest BCUT2D eigenvalue weighted by molar-refractivity contribution is 7.89.